The zero-order chi connectivity index (χ0) is 14.0. The molecule has 102 valence electrons. The normalized spacial score (nSPS) is 14.1. The molecule has 0 aromatic heterocycles. The van der Waals surface area contributed by atoms with E-state index in [1.807, 2.05) is 25.1 Å². The van der Waals surface area contributed by atoms with E-state index in [4.69, 9.17) is 0 Å². The summed E-state index contributed by atoms with van der Waals surface area (Å²) in [5.41, 5.74) is 1.85. The van der Waals surface area contributed by atoms with E-state index < -0.39 is 0 Å². The third kappa shape index (κ3) is 3.80. The van der Waals surface area contributed by atoms with Gasteiger partial charge in [0.25, 0.3) is 0 Å². The number of amides is 2. The van der Waals surface area contributed by atoms with Gasteiger partial charge in [0.15, 0.2) is 0 Å². The smallest absolute Gasteiger partial charge is 0.244 e. The van der Waals surface area contributed by atoms with Crippen LogP contribution < -0.4 is 5.32 Å². The van der Waals surface area contributed by atoms with E-state index in [1.165, 1.54) is 6.92 Å². The zero-order valence-electron chi connectivity index (χ0n) is 11.1. The number of anilines is 1. The Morgan fingerprint density at radius 2 is 2.11 bits per heavy atom. The van der Waals surface area contributed by atoms with Gasteiger partial charge < -0.3 is 10.2 Å². The van der Waals surface area contributed by atoms with Crippen LogP contribution in [0.1, 0.15) is 25.3 Å². The summed E-state index contributed by atoms with van der Waals surface area (Å²) in [5.74, 6) is -0.194. The monoisotopic (exact) mass is 324 g/mol. The largest absolute Gasteiger partial charge is 0.331 e. The van der Waals surface area contributed by atoms with Gasteiger partial charge in [0.05, 0.1) is 0 Å². The van der Waals surface area contributed by atoms with E-state index in [0.717, 1.165) is 28.6 Å². The summed E-state index contributed by atoms with van der Waals surface area (Å²) in [6.07, 6.45) is 2.01. The fraction of sp³-hybridized carbons (Fsp3) is 0.429. The summed E-state index contributed by atoms with van der Waals surface area (Å²) < 4.78 is 0.955. The van der Waals surface area contributed by atoms with Crippen LogP contribution >= 0.6 is 15.9 Å². The van der Waals surface area contributed by atoms with E-state index in [2.05, 4.69) is 21.2 Å². The number of hydrogen-bond acceptors (Lipinski definition) is 2. The first-order valence-electron chi connectivity index (χ1n) is 6.30. The molecule has 2 rings (SSSR count). The van der Waals surface area contributed by atoms with Gasteiger partial charge in [0, 0.05) is 23.1 Å². The summed E-state index contributed by atoms with van der Waals surface area (Å²) in [5, 5.41) is 2.82. The predicted molar refractivity (Wildman–Crippen MR) is 77.9 cm³/mol. The summed E-state index contributed by atoms with van der Waals surface area (Å²) in [6.45, 7) is 3.62. The maximum Gasteiger partial charge on any atom is 0.244 e. The minimum atomic E-state index is -0.155. The number of carbonyl (C=O) groups is 2. The summed E-state index contributed by atoms with van der Waals surface area (Å²) in [6, 6.07) is 5.91. The summed E-state index contributed by atoms with van der Waals surface area (Å²) >= 11 is 3.43. The molecule has 0 atom stereocenters. The molecule has 1 aliphatic carbocycles. The minimum absolute atomic E-state index is 0.0391. The SMILES string of the molecule is CC(=O)N(CC(=O)Nc1ccc(C)c(Br)c1)C1CC1. The Labute approximate surface area is 121 Å². The molecule has 1 saturated carbocycles. The van der Waals surface area contributed by atoms with Crippen LogP contribution in [0.25, 0.3) is 0 Å². The van der Waals surface area contributed by atoms with Crippen molar-refractivity contribution in [2.75, 3.05) is 11.9 Å². The lowest BCUT2D eigenvalue weighted by atomic mass is 10.2. The fourth-order valence-corrected chi connectivity index (χ4v) is 2.29. The van der Waals surface area contributed by atoms with Crippen LogP contribution in [-0.4, -0.2) is 29.3 Å². The molecule has 2 amide bonds. The van der Waals surface area contributed by atoms with Crippen LogP contribution in [0.4, 0.5) is 5.69 Å². The number of carbonyl (C=O) groups excluding carboxylic acids is 2. The van der Waals surface area contributed by atoms with Crippen LogP contribution in [-0.2, 0) is 9.59 Å². The second-order valence-electron chi connectivity index (χ2n) is 4.89. The van der Waals surface area contributed by atoms with E-state index in [-0.39, 0.29) is 24.4 Å². The van der Waals surface area contributed by atoms with Crippen molar-refractivity contribution in [3.05, 3.63) is 28.2 Å². The van der Waals surface area contributed by atoms with Crippen molar-refractivity contribution in [3.63, 3.8) is 0 Å². The first kappa shape index (κ1) is 14.1. The highest BCUT2D eigenvalue weighted by molar-refractivity contribution is 9.10. The van der Waals surface area contributed by atoms with Crippen molar-refractivity contribution in [2.24, 2.45) is 0 Å². The molecule has 0 spiro atoms. The van der Waals surface area contributed by atoms with Gasteiger partial charge in [-0.3, -0.25) is 9.59 Å². The molecule has 5 heteroatoms. The second kappa shape index (κ2) is 5.74. The lowest BCUT2D eigenvalue weighted by molar-refractivity contribution is -0.133. The minimum Gasteiger partial charge on any atom is -0.331 e. The van der Waals surface area contributed by atoms with Gasteiger partial charge in [-0.25, -0.2) is 0 Å². The highest BCUT2D eigenvalue weighted by atomic mass is 79.9. The van der Waals surface area contributed by atoms with Gasteiger partial charge >= 0.3 is 0 Å². The number of nitrogens with zero attached hydrogens (tertiary/aromatic N) is 1. The molecule has 1 fully saturated rings. The molecule has 1 aromatic carbocycles. The third-order valence-electron chi connectivity index (χ3n) is 3.16. The first-order valence-corrected chi connectivity index (χ1v) is 7.10. The Hall–Kier alpha value is -1.36. The van der Waals surface area contributed by atoms with Gasteiger partial charge in [-0.15, -0.1) is 0 Å². The quantitative estimate of drug-likeness (QED) is 0.925. The lowest BCUT2D eigenvalue weighted by Gasteiger charge is -2.19. The van der Waals surface area contributed by atoms with E-state index in [9.17, 15) is 9.59 Å². The number of benzene rings is 1. The molecule has 0 aliphatic heterocycles. The Bertz CT molecular complexity index is 512. The van der Waals surface area contributed by atoms with Crippen LogP contribution in [0.2, 0.25) is 0 Å². The molecule has 4 nitrogen and oxygen atoms in total. The first-order chi connectivity index (χ1) is 8.97. The van der Waals surface area contributed by atoms with E-state index in [0.29, 0.717) is 0 Å². The molecule has 0 bridgehead atoms. The molecule has 19 heavy (non-hydrogen) atoms. The third-order valence-corrected chi connectivity index (χ3v) is 4.02. The fourth-order valence-electron chi connectivity index (χ4n) is 1.91. The van der Waals surface area contributed by atoms with Gasteiger partial charge in [-0.2, -0.15) is 0 Å². The van der Waals surface area contributed by atoms with E-state index >= 15 is 0 Å². The predicted octanol–water partition coefficient (Wildman–Crippen LogP) is 2.71. The van der Waals surface area contributed by atoms with Crippen molar-refractivity contribution in [2.45, 2.75) is 32.7 Å². The molecule has 1 aromatic rings. The van der Waals surface area contributed by atoms with Crippen LogP contribution in [0, 0.1) is 6.92 Å². The van der Waals surface area contributed by atoms with Crippen LogP contribution in [0.3, 0.4) is 0 Å². The maximum absolute atomic E-state index is 11.9. The highest BCUT2D eigenvalue weighted by Crippen LogP contribution is 2.27. The standard InChI is InChI=1S/C14H17BrN2O2/c1-9-3-4-11(7-13(9)15)16-14(19)8-17(10(2)18)12-5-6-12/h3-4,7,12H,5-6,8H2,1-2H3,(H,16,19). The van der Waals surface area contributed by atoms with Gasteiger partial charge in [-0.1, -0.05) is 22.0 Å². The molecule has 0 radical (unpaired) electrons. The van der Waals surface area contributed by atoms with Gasteiger partial charge in [0.1, 0.15) is 6.54 Å². The lowest BCUT2D eigenvalue weighted by Crippen LogP contribution is -2.38. The van der Waals surface area contributed by atoms with Gasteiger partial charge in [-0.05, 0) is 37.5 Å². The summed E-state index contributed by atoms with van der Waals surface area (Å²) in [4.78, 5) is 25.0. The Balaban J connectivity index is 1.96. The van der Waals surface area contributed by atoms with Crippen LogP contribution in [0.5, 0.6) is 0 Å². The Kier molecular flexibility index (Phi) is 4.24. The van der Waals surface area contributed by atoms with Gasteiger partial charge in [0.2, 0.25) is 11.8 Å². The van der Waals surface area contributed by atoms with Crippen molar-refractivity contribution in [3.8, 4) is 0 Å². The Morgan fingerprint density at radius 1 is 1.42 bits per heavy atom. The molecular weight excluding hydrogens is 308 g/mol. The highest BCUT2D eigenvalue weighted by Gasteiger charge is 2.31. The van der Waals surface area contributed by atoms with Crippen molar-refractivity contribution in [1.82, 2.24) is 4.90 Å². The average Bonchev–Trinajstić information content (AvgIpc) is 3.14. The van der Waals surface area contributed by atoms with Crippen molar-refractivity contribution < 1.29 is 9.59 Å². The number of halogens is 1. The van der Waals surface area contributed by atoms with Crippen LogP contribution in [0.15, 0.2) is 22.7 Å². The maximum atomic E-state index is 11.9. The Morgan fingerprint density at radius 3 is 2.63 bits per heavy atom. The number of aryl methyl sites for hydroxylation is 1. The molecule has 1 N–H and O–H groups in total. The number of nitrogens with one attached hydrogen (secondary N) is 1. The molecule has 0 unspecified atom stereocenters. The number of hydrogen-bond donors (Lipinski definition) is 1. The van der Waals surface area contributed by atoms with Crippen molar-refractivity contribution in [1.29, 1.82) is 0 Å². The van der Waals surface area contributed by atoms with E-state index in [1.54, 1.807) is 4.90 Å². The summed E-state index contributed by atoms with van der Waals surface area (Å²) in [7, 11) is 0. The zero-order valence-corrected chi connectivity index (χ0v) is 12.7. The molecule has 0 heterocycles. The number of rotatable bonds is 4. The molecular formula is C14H17BrN2O2. The topological polar surface area (TPSA) is 49.4 Å². The average molecular weight is 325 g/mol. The molecule has 1 aliphatic rings. The molecule has 0 saturated heterocycles. The second-order valence-corrected chi connectivity index (χ2v) is 5.74. The van der Waals surface area contributed by atoms with Crippen molar-refractivity contribution >= 4 is 33.4 Å².